The normalized spacial score (nSPS) is 18.3. The molecule has 1 saturated heterocycles. The number of imidazole rings is 1. The summed E-state index contributed by atoms with van der Waals surface area (Å²) in [4.78, 5) is 19.7. The number of nitrogens with zero attached hydrogens (tertiary/aromatic N) is 3. The fourth-order valence-electron chi connectivity index (χ4n) is 2.12. The maximum atomic E-state index is 12.4. The van der Waals surface area contributed by atoms with Gasteiger partial charge in [0.2, 0.25) is 5.91 Å². The fourth-order valence-corrected chi connectivity index (χ4v) is 3.55. The van der Waals surface area contributed by atoms with E-state index in [0.717, 1.165) is 0 Å². The molecule has 1 aromatic rings. The van der Waals surface area contributed by atoms with Crippen LogP contribution in [0.25, 0.3) is 0 Å². The van der Waals surface area contributed by atoms with Crippen molar-refractivity contribution >= 4 is 15.9 Å². The quantitative estimate of drug-likeness (QED) is 0.826. The summed E-state index contributed by atoms with van der Waals surface area (Å²) in [6, 6.07) is 0. The van der Waals surface area contributed by atoms with Crippen molar-refractivity contribution in [1.82, 2.24) is 19.2 Å². The Morgan fingerprint density at radius 1 is 1.32 bits per heavy atom. The van der Waals surface area contributed by atoms with Crippen LogP contribution in [0.5, 0.6) is 0 Å². The largest absolute Gasteiger partial charge is 0.342 e. The Balaban J connectivity index is 2.16. The molecule has 106 valence electrons. The van der Waals surface area contributed by atoms with Crippen LogP contribution in [-0.2, 0) is 14.8 Å². The van der Waals surface area contributed by atoms with Crippen molar-refractivity contribution in [3.05, 3.63) is 12.0 Å². The predicted octanol–water partition coefficient (Wildman–Crippen LogP) is -0.0390. The van der Waals surface area contributed by atoms with E-state index in [9.17, 15) is 13.2 Å². The third kappa shape index (κ3) is 2.95. The second kappa shape index (κ2) is 5.30. The standard InChI is InChI=1S/C11H18N4O3S/c1-9-12-8-11(13-9)19(17,18)15-5-3-4-14(6-7-15)10(2)16/h8H,3-7H2,1-2H3,(H,12,13). The zero-order valence-corrected chi connectivity index (χ0v) is 11.9. The van der Waals surface area contributed by atoms with Crippen molar-refractivity contribution in [2.45, 2.75) is 25.3 Å². The van der Waals surface area contributed by atoms with E-state index >= 15 is 0 Å². The highest BCUT2D eigenvalue weighted by molar-refractivity contribution is 7.89. The minimum Gasteiger partial charge on any atom is -0.342 e. The number of carbonyl (C=O) groups excluding carboxylic acids is 1. The van der Waals surface area contributed by atoms with Gasteiger partial charge in [0.1, 0.15) is 5.82 Å². The molecule has 1 aromatic heterocycles. The molecular weight excluding hydrogens is 268 g/mol. The van der Waals surface area contributed by atoms with Gasteiger partial charge in [0.15, 0.2) is 5.03 Å². The van der Waals surface area contributed by atoms with Crippen molar-refractivity contribution in [1.29, 1.82) is 0 Å². The van der Waals surface area contributed by atoms with Gasteiger partial charge in [-0.1, -0.05) is 0 Å². The van der Waals surface area contributed by atoms with Crippen molar-refractivity contribution < 1.29 is 13.2 Å². The van der Waals surface area contributed by atoms with E-state index < -0.39 is 10.0 Å². The fraction of sp³-hybridized carbons (Fsp3) is 0.636. The summed E-state index contributed by atoms with van der Waals surface area (Å²) in [6.45, 7) is 4.98. The molecule has 8 heteroatoms. The van der Waals surface area contributed by atoms with Gasteiger partial charge in [0.25, 0.3) is 10.0 Å². The van der Waals surface area contributed by atoms with Crippen LogP contribution in [-0.4, -0.2) is 59.7 Å². The molecule has 2 rings (SSSR count). The number of nitrogens with one attached hydrogen (secondary N) is 1. The van der Waals surface area contributed by atoms with Crippen LogP contribution in [0.4, 0.5) is 0 Å². The van der Waals surface area contributed by atoms with Crippen LogP contribution >= 0.6 is 0 Å². The first-order valence-corrected chi connectivity index (χ1v) is 7.62. The molecule has 0 aromatic carbocycles. The zero-order chi connectivity index (χ0) is 14.0. The van der Waals surface area contributed by atoms with Crippen LogP contribution in [0.1, 0.15) is 19.2 Å². The summed E-state index contributed by atoms with van der Waals surface area (Å²) in [6.07, 6.45) is 1.98. The summed E-state index contributed by atoms with van der Waals surface area (Å²) in [5.74, 6) is 0.551. The van der Waals surface area contributed by atoms with E-state index in [0.29, 0.717) is 38.4 Å². The maximum Gasteiger partial charge on any atom is 0.260 e. The molecule has 1 aliphatic rings. The van der Waals surface area contributed by atoms with Gasteiger partial charge in [-0.15, -0.1) is 0 Å². The van der Waals surface area contributed by atoms with Crippen molar-refractivity contribution in [2.24, 2.45) is 0 Å². The maximum absolute atomic E-state index is 12.4. The van der Waals surface area contributed by atoms with E-state index in [1.807, 2.05) is 0 Å². The Morgan fingerprint density at radius 3 is 2.63 bits per heavy atom. The molecule has 2 heterocycles. The van der Waals surface area contributed by atoms with Gasteiger partial charge < -0.3 is 9.88 Å². The molecule has 19 heavy (non-hydrogen) atoms. The summed E-state index contributed by atoms with van der Waals surface area (Å²) in [5.41, 5.74) is 0. The summed E-state index contributed by atoms with van der Waals surface area (Å²) in [5, 5.41) is 0.112. The van der Waals surface area contributed by atoms with Crippen LogP contribution in [0.3, 0.4) is 0 Å². The number of hydrogen-bond donors (Lipinski definition) is 1. The Kier molecular flexibility index (Phi) is 3.91. The Bertz CT molecular complexity index is 566. The lowest BCUT2D eigenvalue weighted by atomic mass is 10.4. The number of amides is 1. The molecule has 0 atom stereocenters. The molecule has 1 aliphatic heterocycles. The zero-order valence-electron chi connectivity index (χ0n) is 11.1. The SMILES string of the molecule is CC(=O)N1CCCN(S(=O)(=O)c2cnc(C)[nH]2)CC1. The molecule has 0 saturated carbocycles. The van der Waals surface area contributed by atoms with Gasteiger partial charge in [0, 0.05) is 33.1 Å². The van der Waals surface area contributed by atoms with Gasteiger partial charge in [-0.2, -0.15) is 4.31 Å². The second-order valence-electron chi connectivity index (χ2n) is 4.60. The number of rotatable bonds is 2. The first-order chi connectivity index (χ1) is 8.91. The van der Waals surface area contributed by atoms with Crippen LogP contribution in [0, 0.1) is 6.92 Å². The highest BCUT2D eigenvalue weighted by Gasteiger charge is 2.28. The third-order valence-corrected chi connectivity index (χ3v) is 5.01. The van der Waals surface area contributed by atoms with Crippen molar-refractivity contribution in [3.63, 3.8) is 0 Å². The van der Waals surface area contributed by atoms with E-state index in [2.05, 4.69) is 9.97 Å². The lowest BCUT2D eigenvalue weighted by molar-refractivity contribution is -0.128. The topological polar surface area (TPSA) is 86.4 Å². The minimum absolute atomic E-state index is 0.0170. The van der Waals surface area contributed by atoms with E-state index in [-0.39, 0.29) is 10.9 Å². The predicted molar refractivity (Wildman–Crippen MR) is 69.0 cm³/mol. The monoisotopic (exact) mass is 286 g/mol. The van der Waals surface area contributed by atoms with Crippen molar-refractivity contribution in [2.75, 3.05) is 26.2 Å². The smallest absolute Gasteiger partial charge is 0.260 e. The molecule has 0 bridgehead atoms. The van der Waals surface area contributed by atoms with Gasteiger partial charge in [-0.3, -0.25) is 4.79 Å². The highest BCUT2D eigenvalue weighted by atomic mass is 32.2. The van der Waals surface area contributed by atoms with Crippen LogP contribution in [0.2, 0.25) is 0 Å². The summed E-state index contributed by atoms with van der Waals surface area (Å²) >= 11 is 0. The molecule has 7 nitrogen and oxygen atoms in total. The minimum atomic E-state index is -3.54. The number of carbonyl (C=O) groups is 1. The van der Waals surface area contributed by atoms with Gasteiger partial charge >= 0.3 is 0 Å². The van der Waals surface area contributed by atoms with Gasteiger partial charge in [0.05, 0.1) is 6.20 Å². The summed E-state index contributed by atoms with van der Waals surface area (Å²) in [7, 11) is -3.54. The van der Waals surface area contributed by atoms with Crippen LogP contribution < -0.4 is 0 Å². The lowest BCUT2D eigenvalue weighted by Crippen LogP contribution is -2.36. The first kappa shape index (κ1) is 14.0. The lowest BCUT2D eigenvalue weighted by Gasteiger charge is -2.20. The molecule has 0 aliphatic carbocycles. The molecule has 0 spiro atoms. The number of aryl methyl sites for hydroxylation is 1. The van der Waals surface area contributed by atoms with Crippen LogP contribution in [0.15, 0.2) is 11.2 Å². The summed E-state index contributed by atoms with van der Waals surface area (Å²) < 4.78 is 26.2. The Morgan fingerprint density at radius 2 is 2.05 bits per heavy atom. The van der Waals surface area contributed by atoms with Crippen molar-refractivity contribution in [3.8, 4) is 0 Å². The van der Waals surface area contributed by atoms with Gasteiger partial charge in [-0.25, -0.2) is 13.4 Å². The molecule has 1 N–H and O–H groups in total. The number of aromatic amines is 1. The molecule has 0 unspecified atom stereocenters. The highest BCUT2D eigenvalue weighted by Crippen LogP contribution is 2.15. The number of aromatic nitrogens is 2. The average molecular weight is 286 g/mol. The number of hydrogen-bond acceptors (Lipinski definition) is 4. The van der Waals surface area contributed by atoms with E-state index in [4.69, 9.17) is 0 Å². The number of sulfonamides is 1. The average Bonchev–Trinajstić information content (AvgIpc) is 2.65. The molecule has 0 radical (unpaired) electrons. The first-order valence-electron chi connectivity index (χ1n) is 6.18. The van der Waals surface area contributed by atoms with Gasteiger partial charge in [-0.05, 0) is 13.3 Å². The number of H-pyrrole nitrogens is 1. The molecule has 1 fully saturated rings. The van der Waals surface area contributed by atoms with E-state index in [1.165, 1.54) is 17.4 Å². The molecule has 1 amide bonds. The Hall–Kier alpha value is -1.41. The van der Waals surface area contributed by atoms with E-state index in [1.54, 1.807) is 11.8 Å². The molecular formula is C11H18N4O3S. The Labute approximate surface area is 112 Å². The third-order valence-electron chi connectivity index (χ3n) is 3.20. The second-order valence-corrected chi connectivity index (χ2v) is 6.50.